The lowest BCUT2D eigenvalue weighted by molar-refractivity contribution is 0.584. The molecule has 21 heavy (non-hydrogen) atoms. The molecule has 2 N–H and O–H groups in total. The third kappa shape index (κ3) is 2.76. The zero-order chi connectivity index (χ0) is 14.8. The van der Waals surface area contributed by atoms with Crippen molar-refractivity contribution in [1.82, 2.24) is 9.55 Å². The highest BCUT2D eigenvalue weighted by Crippen LogP contribution is 2.23. The van der Waals surface area contributed by atoms with Gasteiger partial charge in [0.2, 0.25) is 0 Å². The Balaban J connectivity index is 1.97. The molecule has 3 rings (SSSR count). The Morgan fingerprint density at radius 1 is 1.10 bits per heavy atom. The van der Waals surface area contributed by atoms with Crippen LogP contribution in [0.15, 0.2) is 54.9 Å². The van der Waals surface area contributed by atoms with Crippen molar-refractivity contribution in [1.29, 1.82) is 0 Å². The van der Waals surface area contributed by atoms with Crippen molar-refractivity contribution in [2.24, 2.45) is 0 Å². The van der Waals surface area contributed by atoms with Crippen LogP contribution in [0.3, 0.4) is 0 Å². The third-order valence-electron chi connectivity index (χ3n) is 3.19. The quantitative estimate of drug-likeness (QED) is 0.749. The number of nitrogens with zero attached hydrogens (tertiary/aromatic N) is 2. The molecule has 0 aliphatic rings. The number of nitrogen functional groups attached to an aromatic ring is 1. The van der Waals surface area contributed by atoms with E-state index in [1.54, 1.807) is 23.0 Å². The van der Waals surface area contributed by atoms with Crippen molar-refractivity contribution in [3.05, 3.63) is 72.1 Å². The van der Waals surface area contributed by atoms with Crippen LogP contribution in [0.2, 0.25) is 0 Å². The lowest BCUT2D eigenvalue weighted by atomic mass is 10.1. The minimum Gasteiger partial charge on any atom is -0.399 e. The number of benzene rings is 2. The second-order valence-electron chi connectivity index (χ2n) is 4.75. The van der Waals surface area contributed by atoms with Crippen LogP contribution in [0.1, 0.15) is 5.56 Å². The minimum atomic E-state index is -0.630. The molecular weight excluding hydrogens is 272 g/mol. The molecule has 0 amide bonds. The van der Waals surface area contributed by atoms with Crippen LogP contribution in [0.5, 0.6) is 0 Å². The van der Waals surface area contributed by atoms with E-state index >= 15 is 0 Å². The van der Waals surface area contributed by atoms with E-state index in [4.69, 9.17) is 5.73 Å². The molecule has 5 heteroatoms. The van der Waals surface area contributed by atoms with Crippen molar-refractivity contribution in [3.63, 3.8) is 0 Å². The first kappa shape index (κ1) is 13.3. The van der Waals surface area contributed by atoms with Crippen LogP contribution in [-0.2, 0) is 6.54 Å². The fourth-order valence-corrected chi connectivity index (χ4v) is 2.24. The highest BCUT2D eigenvalue weighted by atomic mass is 19.1. The van der Waals surface area contributed by atoms with Gasteiger partial charge in [-0.1, -0.05) is 12.1 Å². The zero-order valence-electron chi connectivity index (χ0n) is 11.1. The van der Waals surface area contributed by atoms with Crippen LogP contribution < -0.4 is 5.73 Å². The molecule has 0 saturated carbocycles. The minimum absolute atomic E-state index is 0.269. The van der Waals surface area contributed by atoms with Gasteiger partial charge in [0.05, 0.1) is 5.56 Å². The lowest BCUT2D eigenvalue weighted by Crippen LogP contribution is -2.03. The molecule has 3 aromatic rings. The predicted molar refractivity (Wildman–Crippen MR) is 77.5 cm³/mol. The molecule has 1 aromatic heterocycles. The van der Waals surface area contributed by atoms with Gasteiger partial charge in [0.1, 0.15) is 17.5 Å². The molecule has 0 saturated heterocycles. The predicted octanol–water partition coefficient (Wildman–Crippen LogP) is 3.46. The van der Waals surface area contributed by atoms with Crippen LogP contribution in [0, 0.1) is 11.6 Å². The van der Waals surface area contributed by atoms with Crippen molar-refractivity contribution < 1.29 is 8.78 Å². The highest BCUT2D eigenvalue weighted by Gasteiger charge is 2.12. The molecule has 0 fully saturated rings. The Bertz CT molecular complexity index is 781. The van der Waals surface area contributed by atoms with E-state index in [1.165, 1.54) is 12.1 Å². The van der Waals surface area contributed by atoms with Gasteiger partial charge in [-0.2, -0.15) is 0 Å². The van der Waals surface area contributed by atoms with E-state index in [0.29, 0.717) is 18.1 Å². The Labute approximate surface area is 120 Å². The fraction of sp³-hybridized carbons (Fsp3) is 0.0625. The molecule has 3 nitrogen and oxygen atoms in total. The fourth-order valence-electron chi connectivity index (χ4n) is 2.24. The van der Waals surface area contributed by atoms with Crippen LogP contribution in [-0.4, -0.2) is 9.55 Å². The molecule has 106 valence electrons. The maximum Gasteiger partial charge on any atom is 0.143 e. The van der Waals surface area contributed by atoms with E-state index in [1.807, 2.05) is 18.2 Å². The number of imidazole rings is 1. The summed E-state index contributed by atoms with van der Waals surface area (Å²) in [6.07, 6.45) is 3.34. The number of halogens is 2. The number of hydrogen-bond donors (Lipinski definition) is 1. The Morgan fingerprint density at radius 2 is 1.95 bits per heavy atom. The average Bonchev–Trinajstić information content (AvgIpc) is 2.87. The molecule has 0 unspecified atom stereocenters. The van der Waals surface area contributed by atoms with Gasteiger partial charge in [-0.25, -0.2) is 13.8 Å². The van der Waals surface area contributed by atoms with Gasteiger partial charge in [0, 0.05) is 30.7 Å². The lowest BCUT2D eigenvalue weighted by Gasteiger charge is -2.09. The summed E-state index contributed by atoms with van der Waals surface area (Å²) in [5.41, 5.74) is 7.67. The molecule has 2 aromatic carbocycles. The number of nitrogens with two attached hydrogens (primary N) is 1. The summed E-state index contributed by atoms with van der Waals surface area (Å²) in [6, 6.07) is 10.9. The summed E-state index contributed by atoms with van der Waals surface area (Å²) in [7, 11) is 0. The molecule has 0 radical (unpaired) electrons. The zero-order valence-corrected chi connectivity index (χ0v) is 11.1. The van der Waals surface area contributed by atoms with Gasteiger partial charge in [-0.3, -0.25) is 0 Å². The van der Waals surface area contributed by atoms with Crippen molar-refractivity contribution >= 4 is 5.69 Å². The van der Waals surface area contributed by atoms with E-state index < -0.39 is 11.6 Å². The third-order valence-corrected chi connectivity index (χ3v) is 3.19. The topological polar surface area (TPSA) is 43.8 Å². The average molecular weight is 285 g/mol. The highest BCUT2D eigenvalue weighted by molar-refractivity contribution is 5.56. The molecule has 1 heterocycles. The normalized spacial score (nSPS) is 10.8. The first-order valence-electron chi connectivity index (χ1n) is 6.44. The molecule has 0 spiro atoms. The Hall–Kier alpha value is -2.69. The van der Waals surface area contributed by atoms with Crippen molar-refractivity contribution in [2.75, 3.05) is 5.73 Å². The van der Waals surface area contributed by atoms with Gasteiger partial charge in [-0.05, 0) is 29.8 Å². The molecular formula is C16H13F2N3. The van der Waals surface area contributed by atoms with E-state index in [-0.39, 0.29) is 5.56 Å². The second-order valence-corrected chi connectivity index (χ2v) is 4.75. The molecule has 0 aliphatic carbocycles. The summed E-state index contributed by atoms with van der Waals surface area (Å²) < 4.78 is 28.7. The Morgan fingerprint density at radius 3 is 2.71 bits per heavy atom. The van der Waals surface area contributed by atoms with Gasteiger partial charge in [-0.15, -0.1) is 0 Å². The largest absolute Gasteiger partial charge is 0.399 e. The van der Waals surface area contributed by atoms with Crippen molar-refractivity contribution in [3.8, 4) is 11.4 Å². The van der Waals surface area contributed by atoms with E-state index in [9.17, 15) is 8.78 Å². The molecule has 0 bridgehead atoms. The SMILES string of the molecule is Nc1cccc(Cn2ccnc2-c2ccc(F)cc2F)c1. The maximum atomic E-state index is 13.9. The van der Waals surface area contributed by atoms with Gasteiger partial charge in [0.15, 0.2) is 0 Å². The van der Waals surface area contributed by atoms with Crippen molar-refractivity contribution in [2.45, 2.75) is 6.54 Å². The monoisotopic (exact) mass is 285 g/mol. The Kier molecular flexibility index (Phi) is 3.39. The van der Waals surface area contributed by atoms with E-state index in [0.717, 1.165) is 11.6 Å². The van der Waals surface area contributed by atoms with Crippen LogP contribution >= 0.6 is 0 Å². The first-order valence-corrected chi connectivity index (χ1v) is 6.44. The first-order chi connectivity index (χ1) is 10.1. The molecule has 0 atom stereocenters. The smallest absolute Gasteiger partial charge is 0.143 e. The van der Waals surface area contributed by atoms with Crippen LogP contribution in [0.4, 0.5) is 14.5 Å². The number of anilines is 1. The number of hydrogen-bond acceptors (Lipinski definition) is 2. The van der Waals surface area contributed by atoms with E-state index in [2.05, 4.69) is 4.98 Å². The number of rotatable bonds is 3. The summed E-state index contributed by atoms with van der Waals surface area (Å²) in [6.45, 7) is 0.511. The summed E-state index contributed by atoms with van der Waals surface area (Å²) >= 11 is 0. The standard InChI is InChI=1S/C16H13F2N3/c17-12-4-5-14(15(18)9-12)16-20-6-7-21(16)10-11-2-1-3-13(19)8-11/h1-9H,10,19H2. The van der Waals surface area contributed by atoms with Gasteiger partial charge >= 0.3 is 0 Å². The summed E-state index contributed by atoms with van der Waals surface area (Å²) in [5.74, 6) is -0.782. The van der Waals surface area contributed by atoms with Gasteiger partial charge < -0.3 is 10.3 Å². The van der Waals surface area contributed by atoms with Crippen LogP contribution in [0.25, 0.3) is 11.4 Å². The van der Waals surface area contributed by atoms with Gasteiger partial charge in [0.25, 0.3) is 0 Å². The second kappa shape index (κ2) is 5.36. The molecule has 0 aliphatic heterocycles. The summed E-state index contributed by atoms with van der Waals surface area (Å²) in [5, 5.41) is 0. The summed E-state index contributed by atoms with van der Waals surface area (Å²) in [4.78, 5) is 4.16. The maximum absolute atomic E-state index is 13.9. The number of aromatic nitrogens is 2.